The zero-order valence-electron chi connectivity index (χ0n) is 11.5. The Morgan fingerprint density at radius 1 is 1.00 bits per heavy atom. The molecular weight excluding hydrogens is 272 g/mol. The van der Waals surface area contributed by atoms with E-state index in [-0.39, 0.29) is 0 Å². The van der Waals surface area contributed by atoms with Gasteiger partial charge in [-0.15, -0.1) is 5.10 Å². The summed E-state index contributed by atoms with van der Waals surface area (Å²) < 4.78 is 16.5. The molecule has 1 N–H and O–H groups in total. The smallest absolute Gasteiger partial charge is 0.245 e. The minimum Gasteiger partial charge on any atom is -0.486 e. The highest BCUT2D eigenvalue weighted by molar-refractivity contribution is 5.62. The topological polar surface area (TPSA) is 72.5 Å². The molecule has 1 aromatic carbocycles. The summed E-state index contributed by atoms with van der Waals surface area (Å²) in [4.78, 5) is 6.67. The molecule has 0 amide bonds. The first-order valence-corrected chi connectivity index (χ1v) is 7.05. The van der Waals surface area contributed by atoms with Gasteiger partial charge in [0, 0.05) is 18.7 Å². The predicted molar refractivity (Wildman–Crippen MR) is 75.8 cm³/mol. The number of nitrogens with zero attached hydrogens (tertiary/aromatic N) is 3. The van der Waals surface area contributed by atoms with Gasteiger partial charge in [-0.3, -0.25) is 5.10 Å². The lowest BCUT2D eigenvalue weighted by Gasteiger charge is -2.25. The van der Waals surface area contributed by atoms with Crippen LogP contribution in [0.4, 0.5) is 5.95 Å². The molecular formula is C14H16N4O3. The molecule has 1 fully saturated rings. The van der Waals surface area contributed by atoms with Gasteiger partial charge in [0.15, 0.2) is 17.3 Å². The third kappa shape index (κ3) is 2.40. The highest BCUT2D eigenvalue weighted by Crippen LogP contribution is 2.33. The summed E-state index contributed by atoms with van der Waals surface area (Å²) in [6.07, 6.45) is 0. The van der Waals surface area contributed by atoms with E-state index in [1.807, 2.05) is 18.2 Å². The zero-order valence-corrected chi connectivity index (χ0v) is 11.5. The number of ether oxygens (including phenoxy) is 3. The van der Waals surface area contributed by atoms with Crippen molar-refractivity contribution < 1.29 is 14.2 Å². The summed E-state index contributed by atoms with van der Waals surface area (Å²) in [7, 11) is 0. The van der Waals surface area contributed by atoms with Crippen LogP contribution in [-0.4, -0.2) is 54.7 Å². The van der Waals surface area contributed by atoms with Crippen LogP contribution in [0.5, 0.6) is 11.5 Å². The standard InChI is InChI=1S/C14H16N4O3/c1-2-11-12(21-8-7-20-11)9-10(1)13-15-14(17-16-13)18-3-5-19-6-4-18/h1-2,9H,3-8H2,(H,15,16,17). The van der Waals surface area contributed by atoms with Gasteiger partial charge in [0.25, 0.3) is 0 Å². The lowest BCUT2D eigenvalue weighted by atomic mass is 10.2. The number of nitrogens with one attached hydrogen (secondary N) is 1. The lowest BCUT2D eigenvalue weighted by molar-refractivity contribution is 0.122. The number of morpholine rings is 1. The van der Waals surface area contributed by atoms with Crippen LogP contribution in [0.15, 0.2) is 18.2 Å². The van der Waals surface area contributed by atoms with Gasteiger partial charge in [-0.1, -0.05) is 0 Å². The van der Waals surface area contributed by atoms with E-state index in [4.69, 9.17) is 14.2 Å². The first kappa shape index (κ1) is 12.5. The Balaban J connectivity index is 1.60. The number of aromatic nitrogens is 3. The average molecular weight is 288 g/mol. The second-order valence-corrected chi connectivity index (χ2v) is 4.94. The molecule has 0 atom stereocenters. The summed E-state index contributed by atoms with van der Waals surface area (Å²) in [6, 6.07) is 5.79. The Bertz CT molecular complexity index is 637. The van der Waals surface area contributed by atoms with Crippen LogP contribution in [0.2, 0.25) is 0 Å². The maximum Gasteiger partial charge on any atom is 0.245 e. The first-order chi connectivity index (χ1) is 10.4. The minimum atomic E-state index is 0.575. The third-order valence-corrected chi connectivity index (χ3v) is 3.58. The molecule has 0 bridgehead atoms. The van der Waals surface area contributed by atoms with Crippen LogP contribution in [0.3, 0.4) is 0 Å². The number of hydrogen-bond donors (Lipinski definition) is 1. The Morgan fingerprint density at radius 3 is 2.67 bits per heavy atom. The van der Waals surface area contributed by atoms with E-state index in [1.54, 1.807) is 0 Å². The van der Waals surface area contributed by atoms with Crippen LogP contribution in [-0.2, 0) is 4.74 Å². The molecule has 1 saturated heterocycles. The Labute approximate surface area is 121 Å². The number of hydrogen-bond acceptors (Lipinski definition) is 6. The van der Waals surface area contributed by atoms with Crippen LogP contribution in [0, 0.1) is 0 Å². The highest BCUT2D eigenvalue weighted by atomic mass is 16.6. The Kier molecular flexibility index (Phi) is 3.11. The van der Waals surface area contributed by atoms with E-state index in [2.05, 4.69) is 20.1 Å². The number of benzene rings is 1. The highest BCUT2D eigenvalue weighted by Gasteiger charge is 2.18. The maximum atomic E-state index is 5.59. The summed E-state index contributed by atoms with van der Waals surface area (Å²) in [5, 5.41) is 7.28. The van der Waals surface area contributed by atoms with Gasteiger partial charge in [0.2, 0.25) is 5.95 Å². The summed E-state index contributed by atoms with van der Waals surface area (Å²) in [5.74, 6) is 2.97. The van der Waals surface area contributed by atoms with Crippen molar-refractivity contribution in [2.75, 3.05) is 44.4 Å². The molecule has 2 aliphatic heterocycles. The van der Waals surface area contributed by atoms with Crippen LogP contribution in [0.1, 0.15) is 0 Å². The average Bonchev–Trinajstić information content (AvgIpc) is 3.05. The Hall–Kier alpha value is -2.28. The van der Waals surface area contributed by atoms with Crippen molar-refractivity contribution in [2.45, 2.75) is 0 Å². The maximum absolute atomic E-state index is 5.59. The van der Waals surface area contributed by atoms with Crippen molar-refractivity contribution in [1.82, 2.24) is 15.2 Å². The van der Waals surface area contributed by atoms with Crippen molar-refractivity contribution in [3.05, 3.63) is 18.2 Å². The summed E-state index contributed by atoms with van der Waals surface area (Å²) in [6.45, 7) is 4.24. The van der Waals surface area contributed by atoms with Gasteiger partial charge in [0.05, 0.1) is 13.2 Å². The molecule has 0 saturated carbocycles. The van der Waals surface area contributed by atoms with Crippen LogP contribution in [0.25, 0.3) is 11.4 Å². The van der Waals surface area contributed by atoms with Gasteiger partial charge in [0.1, 0.15) is 13.2 Å². The molecule has 1 aromatic heterocycles. The number of aromatic amines is 1. The van der Waals surface area contributed by atoms with E-state index in [0.29, 0.717) is 32.4 Å². The van der Waals surface area contributed by atoms with Gasteiger partial charge >= 0.3 is 0 Å². The first-order valence-electron chi connectivity index (χ1n) is 7.05. The van der Waals surface area contributed by atoms with Crippen LogP contribution >= 0.6 is 0 Å². The molecule has 3 heterocycles. The number of H-pyrrole nitrogens is 1. The largest absolute Gasteiger partial charge is 0.486 e. The molecule has 0 radical (unpaired) electrons. The number of fused-ring (bicyclic) bond motifs is 1. The second-order valence-electron chi connectivity index (χ2n) is 4.94. The van der Waals surface area contributed by atoms with Gasteiger partial charge in [-0.2, -0.15) is 4.98 Å². The van der Waals surface area contributed by atoms with E-state index in [9.17, 15) is 0 Å². The summed E-state index contributed by atoms with van der Waals surface area (Å²) in [5.41, 5.74) is 0.936. The molecule has 0 unspecified atom stereocenters. The van der Waals surface area contributed by atoms with Gasteiger partial charge in [-0.25, -0.2) is 0 Å². The van der Waals surface area contributed by atoms with Crippen molar-refractivity contribution in [3.63, 3.8) is 0 Å². The van der Waals surface area contributed by atoms with Crippen molar-refractivity contribution in [1.29, 1.82) is 0 Å². The molecule has 2 aromatic rings. The number of rotatable bonds is 2. The fourth-order valence-corrected chi connectivity index (χ4v) is 2.48. The van der Waals surface area contributed by atoms with Crippen molar-refractivity contribution in [3.8, 4) is 22.9 Å². The van der Waals surface area contributed by atoms with E-state index in [1.165, 1.54) is 0 Å². The van der Waals surface area contributed by atoms with Gasteiger partial charge in [-0.05, 0) is 18.2 Å². The van der Waals surface area contributed by atoms with E-state index < -0.39 is 0 Å². The molecule has 7 nitrogen and oxygen atoms in total. The minimum absolute atomic E-state index is 0.575. The van der Waals surface area contributed by atoms with Crippen molar-refractivity contribution >= 4 is 5.95 Å². The Morgan fingerprint density at radius 2 is 1.81 bits per heavy atom. The molecule has 0 spiro atoms. The second kappa shape index (κ2) is 5.25. The fourth-order valence-electron chi connectivity index (χ4n) is 2.48. The van der Waals surface area contributed by atoms with Gasteiger partial charge < -0.3 is 19.1 Å². The zero-order chi connectivity index (χ0) is 14.1. The molecule has 21 heavy (non-hydrogen) atoms. The van der Waals surface area contributed by atoms with Crippen molar-refractivity contribution in [2.24, 2.45) is 0 Å². The molecule has 0 aliphatic carbocycles. The lowest BCUT2D eigenvalue weighted by Crippen LogP contribution is -2.36. The normalized spacial score (nSPS) is 17.8. The molecule has 7 heteroatoms. The van der Waals surface area contributed by atoms with E-state index in [0.717, 1.165) is 36.0 Å². The monoisotopic (exact) mass is 288 g/mol. The van der Waals surface area contributed by atoms with E-state index >= 15 is 0 Å². The number of anilines is 1. The van der Waals surface area contributed by atoms with Crippen LogP contribution < -0.4 is 14.4 Å². The third-order valence-electron chi connectivity index (χ3n) is 3.58. The predicted octanol–water partition coefficient (Wildman–Crippen LogP) is 1.08. The summed E-state index contributed by atoms with van der Waals surface area (Å²) >= 11 is 0. The fraction of sp³-hybridized carbons (Fsp3) is 0.429. The molecule has 2 aliphatic rings. The molecule has 110 valence electrons. The quantitative estimate of drug-likeness (QED) is 0.891. The SMILES string of the molecule is c1cc2c(cc1-c1nc(N3CCOCC3)n[nH]1)OCCO2. The molecule has 4 rings (SSSR count).